The molecule has 0 fully saturated rings. The van der Waals surface area contributed by atoms with E-state index in [4.69, 9.17) is 10.3 Å². The molecule has 2 aromatic heterocycles. The van der Waals surface area contributed by atoms with Gasteiger partial charge in [0.2, 0.25) is 0 Å². The number of H-pyrrole nitrogens is 1. The molecule has 4 N–H and O–H groups in total. The Kier molecular flexibility index (Phi) is 4.53. The van der Waals surface area contributed by atoms with Gasteiger partial charge in [-0.05, 0) is 26.8 Å². The lowest BCUT2D eigenvalue weighted by atomic mass is 10.2. The number of nitrogen functional groups attached to an aromatic ring is 1. The largest absolute Gasteiger partial charge is 0.455 e. The minimum Gasteiger partial charge on any atom is -0.455 e. The van der Waals surface area contributed by atoms with E-state index < -0.39 is 5.91 Å². The van der Waals surface area contributed by atoms with Crippen molar-refractivity contribution in [2.45, 2.75) is 37.7 Å². The van der Waals surface area contributed by atoms with Crippen molar-refractivity contribution in [3.8, 4) is 0 Å². The molecule has 0 unspecified atom stereocenters. The molecule has 21 heavy (non-hydrogen) atoms. The molecule has 0 aromatic carbocycles. The first kappa shape index (κ1) is 15.4. The topological polar surface area (TPSA) is 119 Å². The van der Waals surface area contributed by atoms with E-state index in [1.165, 1.54) is 11.8 Å². The SMILES string of the molecule is Cc1cc(CSc2n[nH]c(=O)n2C(C)C)oc1C(=O)NN. The predicted molar refractivity (Wildman–Crippen MR) is 77.9 cm³/mol. The predicted octanol–water partition coefficient (Wildman–Crippen LogP) is 0.950. The third kappa shape index (κ3) is 3.19. The van der Waals surface area contributed by atoms with Gasteiger partial charge in [0.25, 0.3) is 0 Å². The number of nitrogens with one attached hydrogen (secondary N) is 2. The minimum absolute atomic E-state index is 0.00988. The van der Waals surface area contributed by atoms with E-state index in [0.717, 1.165) is 0 Å². The van der Waals surface area contributed by atoms with E-state index in [0.29, 0.717) is 22.2 Å². The first-order chi connectivity index (χ1) is 9.93. The number of furan rings is 1. The number of carbonyl (C=O) groups is 1. The van der Waals surface area contributed by atoms with E-state index in [2.05, 4.69) is 10.2 Å². The Hall–Kier alpha value is -2.00. The fourth-order valence-corrected chi connectivity index (χ4v) is 2.85. The number of nitrogens with two attached hydrogens (primary N) is 1. The van der Waals surface area contributed by atoms with Crippen molar-refractivity contribution >= 4 is 17.7 Å². The van der Waals surface area contributed by atoms with Crippen molar-refractivity contribution < 1.29 is 9.21 Å². The number of hydrazine groups is 1. The van der Waals surface area contributed by atoms with Gasteiger partial charge in [0.05, 0.1) is 5.75 Å². The van der Waals surface area contributed by atoms with Crippen LogP contribution in [0, 0.1) is 6.92 Å². The molecule has 9 heteroatoms. The molecular weight excluding hydrogens is 294 g/mol. The van der Waals surface area contributed by atoms with Crippen LogP contribution < -0.4 is 17.0 Å². The van der Waals surface area contributed by atoms with Gasteiger partial charge in [-0.1, -0.05) is 11.8 Å². The molecule has 8 nitrogen and oxygen atoms in total. The third-order valence-electron chi connectivity index (χ3n) is 2.84. The average Bonchev–Trinajstić information content (AvgIpc) is 2.98. The van der Waals surface area contributed by atoms with Crippen LogP contribution in [0.25, 0.3) is 0 Å². The first-order valence-electron chi connectivity index (χ1n) is 6.34. The zero-order valence-corrected chi connectivity index (χ0v) is 12.8. The number of hydrogen-bond acceptors (Lipinski definition) is 6. The van der Waals surface area contributed by atoms with Gasteiger partial charge in [-0.25, -0.2) is 15.7 Å². The lowest BCUT2D eigenvalue weighted by Gasteiger charge is -2.07. The number of hydrogen-bond donors (Lipinski definition) is 3. The summed E-state index contributed by atoms with van der Waals surface area (Å²) in [5.41, 5.74) is 2.50. The summed E-state index contributed by atoms with van der Waals surface area (Å²) in [5, 5.41) is 6.98. The summed E-state index contributed by atoms with van der Waals surface area (Å²) >= 11 is 1.35. The van der Waals surface area contributed by atoms with Crippen LogP contribution >= 0.6 is 11.8 Å². The molecule has 1 amide bonds. The van der Waals surface area contributed by atoms with Crippen molar-refractivity contribution in [2.75, 3.05) is 0 Å². The van der Waals surface area contributed by atoms with E-state index in [-0.39, 0.29) is 17.5 Å². The van der Waals surface area contributed by atoms with Gasteiger partial charge >= 0.3 is 11.6 Å². The van der Waals surface area contributed by atoms with E-state index >= 15 is 0 Å². The van der Waals surface area contributed by atoms with Crippen LogP contribution in [0.2, 0.25) is 0 Å². The van der Waals surface area contributed by atoms with Crippen LogP contribution in [0.3, 0.4) is 0 Å². The van der Waals surface area contributed by atoms with Gasteiger partial charge in [0, 0.05) is 11.6 Å². The van der Waals surface area contributed by atoms with Crippen LogP contribution in [-0.2, 0) is 5.75 Å². The number of aryl methyl sites for hydroxylation is 1. The summed E-state index contributed by atoms with van der Waals surface area (Å²) in [5.74, 6) is 5.87. The molecule has 0 radical (unpaired) electrons. The summed E-state index contributed by atoms with van der Waals surface area (Å²) < 4.78 is 7.02. The molecule has 0 saturated heterocycles. The van der Waals surface area contributed by atoms with Crippen LogP contribution in [0.15, 0.2) is 20.4 Å². The van der Waals surface area contributed by atoms with E-state index in [1.807, 2.05) is 19.3 Å². The van der Waals surface area contributed by atoms with Gasteiger partial charge in [-0.15, -0.1) is 5.10 Å². The Morgan fingerprint density at radius 2 is 2.33 bits per heavy atom. The molecular formula is C12H17N5O3S. The number of aromatic nitrogens is 3. The molecule has 2 aromatic rings. The maximum atomic E-state index is 11.6. The summed E-state index contributed by atoms with van der Waals surface area (Å²) in [6.45, 7) is 5.57. The molecule has 114 valence electrons. The van der Waals surface area contributed by atoms with Gasteiger partial charge in [0.15, 0.2) is 10.9 Å². The van der Waals surface area contributed by atoms with Crippen LogP contribution in [-0.4, -0.2) is 20.7 Å². The number of nitrogens with zero attached hydrogens (tertiary/aromatic N) is 2. The van der Waals surface area contributed by atoms with Crippen LogP contribution in [0.1, 0.15) is 41.8 Å². The smallest absolute Gasteiger partial charge is 0.344 e. The maximum Gasteiger partial charge on any atom is 0.344 e. The molecule has 2 rings (SSSR count). The highest BCUT2D eigenvalue weighted by molar-refractivity contribution is 7.98. The second-order valence-electron chi connectivity index (χ2n) is 4.76. The van der Waals surface area contributed by atoms with Crippen molar-refractivity contribution in [3.05, 3.63) is 33.6 Å². The first-order valence-corrected chi connectivity index (χ1v) is 7.32. The summed E-state index contributed by atoms with van der Waals surface area (Å²) in [4.78, 5) is 23.1. The lowest BCUT2D eigenvalue weighted by Crippen LogP contribution is -2.30. The Morgan fingerprint density at radius 3 is 2.95 bits per heavy atom. The zero-order chi connectivity index (χ0) is 15.6. The van der Waals surface area contributed by atoms with Gasteiger partial charge in [0.1, 0.15) is 5.76 Å². The summed E-state index contributed by atoms with van der Waals surface area (Å²) in [6.07, 6.45) is 0. The number of thioether (sulfide) groups is 1. The standard InChI is InChI=1S/C12H17N5O3S/c1-6(2)17-11(19)15-16-12(17)21-5-8-4-7(3)9(20-8)10(18)14-13/h4,6H,5,13H2,1-3H3,(H,14,18)(H,15,19). The second-order valence-corrected chi connectivity index (χ2v) is 5.70. The van der Waals surface area contributed by atoms with Gasteiger partial charge < -0.3 is 4.42 Å². The van der Waals surface area contributed by atoms with Gasteiger partial charge in [-0.3, -0.25) is 14.8 Å². The highest BCUT2D eigenvalue weighted by atomic mass is 32.2. The Balaban J connectivity index is 2.14. The average molecular weight is 311 g/mol. The summed E-state index contributed by atoms with van der Waals surface area (Å²) in [7, 11) is 0. The van der Waals surface area contributed by atoms with Gasteiger partial charge in [-0.2, -0.15) is 0 Å². The number of carbonyl (C=O) groups excluding carboxylic acids is 1. The molecule has 0 atom stereocenters. The van der Waals surface area contributed by atoms with Crippen molar-refractivity contribution in [2.24, 2.45) is 5.84 Å². The minimum atomic E-state index is -0.470. The third-order valence-corrected chi connectivity index (χ3v) is 3.81. The quantitative estimate of drug-likeness (QED) is 0.327. The lowest BCUT2D eigenvalue weighted by molar-refractivity contribution is 0.0923. The molecule has 0 aliphatic rings. The fourth-order valence-electron chi connectivity index (χ4n) is 1.89. The molecule has 2 heterocycles. The number of amides is 1. The van der Waals surface area contributed by atoms with E-state index in [1.54, 1.807) is 17.6 Å². The maximum absolute atomic E-state index is 11.6. The number of aromatic amines is 1. The van der Waals surface area contributed by atoms with Crippen molar-refractivity contribution in [1.29, 1.82) is 0 Å². The molecule has 0 aliphatic heterocycles. The number of rotatable bonds is 5. The zero-order valence-electron chi connectivity index (χ0n) is 12.0. The summed E-state index contributed by atoms with van der Waals surface area (Å²) in [6, 6.07) is 1.78. The normalized spacial score (nSPS) is 11.1. The highest BCUT2D eigenvalue weighted by Crippen LogP contribution is 2.24. The second kappa shape index (κ2) is 6.19. The monoisotopic (exact) mass is 311 g/mol. The molecule has 0 bridgehead atoms. The van der Waals surface area contributed by atoms with Crippen molar-refractivity contribution in [3.63, 3.8) is 0 Å². The molecule has 0 spiro atoms. The van der Waals surface area contributed by atoms with Crippen LogP contribution in [0.4, 0.5) is 0 Å². The van der Waals surface area contributed by atoms with Crippen molar-refractivity contribution in [1.82, 2.24) is 20.2 Å². The highest BCUT2D eigenvalue weighted by Gasteiger charge is 2.16. The Bertz CT molecular complexity index is 700. The molecule has 0 saturated carbocycles. The van der Waals surface area contributed by atoms with Crippen LogP contribution in [0.5, 0.6) is 0 Å². The Morgan fingerprint density at radius 1 is 1.62 bits per heavy atom. The fraction of sp³-hybridized carbons (Fsp3) is 0.417. The molecule has 0 aliphatic carbocycles. The Labute approximate surface area is 125 Å². The van der Waals surface area contributed by atoms with E-state index in [9.17, 15) is 9.59 Å².